The highest BCUT2D eigenvalue weighted by molar-refractivity contribution is 14.1. The van der Waals surface area contributed by atoms with E-state index in [0.29, 0.717) is 0 Å². The quantitative estimate of drug-likeness (QED) is 0.695. The second kappa shape index (κ2) is 4.56. The van der Waals surface area contributed by atoms with Gasteiger partial charge in [-0.1, -0.05) is 18.2 Å². The van der Waals surface area contributed by atoms with Gasteiger partial charge >= 0.3 is 0 Å². The summed E-state index contributed by atoms with van der Waals surface area (Å²) in [4.78, 5) is 11.7. The van der Waals surface area contributed by atoms with Crippen LogP contribution in [0.2, 0.25) is 0 Å². The molecular weight excluding hydrogens is 339 g/mol. The Morgan fingerprint density at radius 2 is 2.06 bits per heavy atom. The zero-order chi connectivity index (χ0) is 12.5. The summed E-state index contributed by atoms with van der Waals surface area (Å²) < 4.78 is 1.11. The number of aromatic amines is 1. The standard InChI is InChI=1S/C13H11IN4/c1-8-4-2-3-5-10(8)18-13-11-9(14)6-15-12(11)16-7-17-13/h2-7H,1H3,(H2,15,16,17,18). The maximum atomic E-state index is 4.33. The fraction of sp³-hybridized carbons (Fsp3) is 0.0769. The van der Waals surface area contributed by atoms with Crippen molar-refractivity contribution in [2.75, 3.05) is 5.32 Å². The van der Waals surface area contributed by atoms with E-state index in [1.807, 2.05) is 24.4 Å². The Morgan fingerprint density at radius 3 is 2.89 bits per heavy atom. The van der Waals surface area contributed by atoms with E-state index < -0.39 is 0 Å². The topological polar surface area (TPSA) is 53.6 Å². The summed E-state index contributed by atoms with van der Waals surface area (Å²) in [5.74, 6) is 0.833. The number of nitrogens with zero attached hydrogens (tertiary/aromatic N) is 2. The van der Waals surface area contributed by atoms with Crippen LogP contribution in [0, 0.1) is 10.5 Å². The predicted octanol–water partition coefficient (Wildman–Crippen LogP) is 3.61. The summed E-state index contributed by atoms with van der Waals surface area (Å²) in [6, 6.07) is 8.15. The van der Waals surface area contributed by atoms with Crippen LogP contribution in [0.15, 0.2) is 36.8 Å². The highest BCUT2D eigenvalue weighted by Crippen LogP contribution is 2.27. The summed E-state index contributed by atoms with van der Waals surface area (Å²) >= 11 is 2.28. The molecule has 0 radical (unpaired) electrons. The molecule has 90 valence electrons. The van der Waals surface area contributed by atoms with Crippen molar-refractivity contribution in [1.29, 1.82) is 0 Å². The van der Waals surface area contributed by atoms with Crippen LogP contribution in [-0.4, -0.2) is 15.0 Å². The third-order valence-corrected chi connectivity index (χ3v) is 3.67. The second-order valence-corrected chi connectivity index (χ2v) is 5.18. The molecule has 0 aliphatic heterocycles. The predicted molar refractivity (Wildman–Crippen MR) is 81.1 cm³/mol. The van der Waals surface area contributed by atoms with Crippen LogP contribution >= 0.6 is 22.6 Å². The molecule has 5 heteroatoms. The maximum Gasteiger partial charge on any atom is 0.144 e. The summed E-state index contributed by atoms with van der Waals surface area (Å²) in [5, 5.41) is 4.40. The Balaban J connectivity index is 2.10. The van der Waals surface area contributed by atoms with E-state index in [1.54, 1.807) is 6.33 Å². The van der Waals surface area contributed by atoms with Gasteiger partial charge in [-0.2, -0.15) is 0 Å². The lowest BCUT2D eigenvalue weighted by Crippen LogP contribution is -1.97. The zero-order valence-electron chi connectivity index (χ0n) is 9.74. The van der Waals surface area contributed by atoms with E-state index >= 15 is 0 Å². The molecule has 0 atom stereocenters. The first-order valence-corrected chi connectivity index (χ1v) is 6.64. The number of nitrogens with one attached hydrogen (secondary N) is 2. The molecule has 0 unspecified atom stereocenters. The number of hydrogen-bond donors (Lipinski definition) is 2. The molecule has 0 amide bonds. The summed E-state index contributed by atoms with van der Waals surface area (Å²) in [6.07, 6.45) is 3.50. The van der Waals surface area contributed by atoms with Crippen molar-refractivity contribution in [3.63, 3.8) is 0 Å². The number of H-pyrrole nitrogens is 1. The maximum absolute atomic E-state index is 4.33. The van der Waals surface area contributed by atoms with E-state index in [9.17, 15) is 0 Å². The third kappa shape index (κ3) is 1.94. The highest BCUT2D eigenvalue weighted by Gasteiger charge is 2.09. The number of rotatable bonds is 2. The van der Waals surface area contributed by atoms with Crippen LogP contribution in [0.3, 0.4) is 0 Å². The normalized spacial score (nSPS) is 10.8. The van der Waals surface area contributed by atoms with E-state index in [0.717, 1.165) is 26.1 Å². The van der Waals surface area contributed by atoms with Gasteiger partial charge in [0.15, 0.2) is 0 Å². The molecule has 3 aromatic rings. The van der Waals surface area contributed by atoms with Gasteiger partial charge in [0, 0.05) is 15.5 Å². The molecule has 3 rings (SSSR count). The van der Waals surface area contributed by atoms with Crippen molar-refractivity contribution in [2.24, 2.45) is 0 Å². The van der Waals surface area contributed by atoms with Gasteiger partial charge in [0.05, 0.1) is 5.39 Å². The van der Waals surface area contributed by atoms with Crippen LogP contribution in [0.1, 0.15) is 5.56 Å². The van der Waals surface area contributed by atoms with Crippen LogP contribution in [0.5, 0.6) is 0 Å². The number of anilines is 2. The first-order chi connectivity index (χ1) is 8.75. The SMILES string of the molecule is Cc1ccccc1Nc1ncnc2[nH]cc(I)c12. The Morgan fingerprint density at radius 1 is 1.22 bits per heavy atom. The minimum atomic E-state index is 0.833. The Bertz CT molecular complexity index is 705. The minimum absolute atomic E-state index is 0.833. The molecule has 4 nitrogen and oxygen atoms in total. The number of para-hydroxylation sites is 1. The van der Waals surface area contributed by atoms with Crippen LogP contribution < -0.4 is 5.32 Å². The number of aromatic nitrogens is 3. The van der Waals surface area contributed by atoms with E-state index in [2.05, 4.69) is 55.8 Å². The fourth-order valence-electron chi connectivity index (χ4n) is 1.86. The monoisotopic (exact) mass is 350 g/mol. The lowest BCUT2D eigenvalue weighted by atomic mass is 10.2. The Kier molecular flexibility index (Phi) is 2.91. The van der Waals surface area contributed by atoms with Crippen molar-refractivity contribution in [1.82, 2.24) is 15.0 Å². The van der Waals surface area contributed by atoms with Gasteiger partial charge in [0.1, 0.15) is 17.8 Å². The fourth-order valence-corrected chi connectivity index (χ4v) is 2.53. The molecular formula is C13H11IN4. The molecule has 2 N–H and O–H groups in total. The molecule has 1 aromatic carbocycles. The smallest absolute Gasteiger partial charge is 0.144 e. The van der Waals surface area contributed by atoms with Crippen LogP contribution in [0.25, 0.3) is 11.0 Å². The van der Waals surface area contributed by atoms with Gasteiger partial charge in [-0.15, -0.1) is 0 Å². The molecule has 0 spiro atoms. The molecule has 0 aliphatic rings. The number of halogens is 1. The van der Waals surface area contributed by atoms with Crippen LogP contribution in [0.4, 0.5) is 11.5 Å². The largest absolute Gasteiger partial charge is 0.345 e. The number of benzene rings is 1. The van der Waals surface area contributed by atoms with Gasteiger partial charge < -0.3 is 10.3 Å². The van der Waals surface area contributed by atoms with Gasteiger partial charge in [-0.3, -0.25) is 0 Å². The van der Waals surface area contributed by atoms with Crippen molar-refractivity contribution in [2.45, 2.75) is 6.92 Å². The number of fused-ring (bicyclic) bond motifs is 1. The zero-order valence-corrected chi connectivity index (χ0v) is 11.9. The lowest BCUT2D eigenvalue weighted by Gasteiger charge is -2.09. The molecule has 0 bridgehead atoms. The second-order valence-electron chi connectivity index (χ2n) is 4.02. The highest BCUT2D eigenvalue weighted by atomic mass is 127. The van der Waals surface area contributed by atoms with Crippen molar-refractivity contribution in [3.8, 4) is 0 Å². The van der Waals surface area contributed by atoms with E-state index in [1.165, 1.54) is 5.56 Å². The van der Waals surface area contributed by atoms with Gasteiger partial charge in [-0.25, -0.2) is 9.97 Å². The molecule has 2 heterocycles. The van der Waals surface area contributed by atoms with Crippen molar-refractivity contribution < 1.29 is 0 Å². The summed E-state index contributed by atoms with van der Waals surface area (Å²) in [6.45, 7) is 2.07. The van der Waals surface area contributed by atoms with Gasteiger partial charge in [0.25, 0.3) is 0 Å². The average Bonchev–Trinajstić information content (AvgIpc) is 2.75. The van der Waals surface area contributed by atoms with Crippen molar-refractivity contribution in [3.05, 3.63) is 45.9 Å². The third-order valence-electron chi connectivity index (χ3n) is 2.82. The number of hydrogen-bond acceptors (Lipinski definition) is 3. The molecule has 18 heavy (non-hydrogen) atoms. The summed E-state index contributed by atoms with van der Waals surface area (Å²) in [7, 11) is 0. The minimum Gasteiger partial charge on any atom is -0.345 e. The van der Waals surface area contributed by atoms with E-state index in [4.69, 9.17) is 0 Å². The molecule has 0 fully saturated rings. The average molecular weight is 350 g/mol. The van der Waals surface area contributed by atoms with E-state index in [-0.39, 0.29) is 0 Å². The molecule has 0 saturated carbocycles. The number of aryl methyl sites for hydroxylation is 1. The van der Waals surface area contributed by atoms with Gasteiger partial charge in [0.2, 0.25) is 0 Å². The summed E-state index contributed by atoms with van der Waals surface area (Å²) in [5.41, 5.74) is 3.11. The molecule has 0 aliphatic carbocycles. The molecule has 2 aromatic heterocycles. The first kappa shape index (κ1) is 11.5. The Labute approximate surface area is 118 Å². The lowest BCUT2D eigenvalue weighted by molar-refractivity contribution is 1.20. The van der Waals surface area contributed by atoms with Crippen LogP contribution in [-0.2, 0) is 0 Å². The molecule has 0 saturated heterocycles. The Hall–Kier alpha value is -1.63. The van der Waals surface area contributed by atoms with Gasteiger partial charge in [-0.05, 0) is 41.1 Å². The first-order valence-electron chi connectivity index (χ1n) is 5.56. The van der Waals surface area contributed by atoms with Crippen molar-refractivity contribution >= 4 is 45.1 Å².